The van der Waals surface area contributed by atoms with E-state index >= 15 is 0 Å². The normalized spacial score (nSPS) is 10.8. The third-order valence-corrected chi connectivity index (χ3v) is 4.84. The molecule has 0 amide bonds. The Balaban J connectivity index is 1.76. The molecule has 3 aromatic carbocycles. The highest BCUT2D eigenvalue weighted by molar-refractivity contribution is 6.31. The number of aryl methyl sites for hydroxylation is 1. The van der Waals surface area contributed by atoms with Gasteiger partial charge in [-0.2, -0.15) is 4.98 Å². The van der Waals surface area contributed by atoms with Crippen LogP contribution in [-0.4, -0.2) is 9.97 Å². The Morgan fingerprint density at radius 1 is 0.778 bits per heavy atom. The molecule has 0 aliphatic rings. The molecular weight excluding hydrogens is 356 g/mol. The van der Waals surface area contributed by atoms with E-state index in [2.05, 4.69) is 34.7 Å². The molecular formula is C22H19ClN4. The van der Waals surface area contributed by atoms with Gasteiger partial charge in [-0.05, 0) is 55.8 Å². The van der Waals surface area contributed by atoms with Crippen LogP contribution in [0.4, 0.5) is 23.1 Å². The summed E-state index contributed by atoms with van der Waals surface area (Å²) in [6.45, 7) is 4.04. The third kappa shape index (κ3) is 3.71. The van der Waals surface area contributed by atoms with Crippen molar-refractivity contribution in [2.24, 2.45) is 0 Å². The van der Waals surface area contributed by atoms with E-state index in [-0.39, 0.29) is 0 Å². The van der Waals surface area contributed by atoms with Crippen LogP contribution in [0.1, 0.15) is 11.1 Å². The van der Waals surface area contributed by atoms with Crippen LogP contribution < -0.4 is 10.6 Å². The second-order valence-corrected chi connectivity index (χ2v) is 6.85. The number of aromatic nitrogens is 2. The zero-order valence-electron chi connectivity index (χ0n) is 15.1. The van der Waals surface area contributed by atoms with Crippen molar-refractivity contribution in [3.63, 3.8) is 0 Å². The van der Waals surface area contributed by atoms with Crippen molar-refractivity contribution in [3.8, 4) is 0 Å². The summed E-state index contributed by atoms with van der Waals surface area (Å²) in [5.74, 6) is 1.28. The van der Waals surface area contributed by atoms with Gasteiger partial charge in [0.15, 0.2) is 0 Å². The number of nitrogens with one attached hydrogen (secondary N) is 2. The lowest BCUT2D eigenvalue weighted by molar-refractivity contribution is 1.20. The van der Waals surface area contributed by atoms with Crippen molar-refractivity contribution in [2.75, 3.05) is 10.6 Å². The number of hydrogen-bond acceptors (Lipinski definition) is 4. The number of halogens is 1. The Morgan fingerprint density at radius 2 is 1.56 bits per heavy atom. The first-order valence-electron chi connectivity index (χ1n) is 8.73. The number of benzene rings is 3. The maximum atomic E-state index is 6.23. The molecule has 4 aromatic rings. The van der Waals surface area contributed by atoms with E-state index < -0.39 is 0 Å². The molecule has 27 heavy (non-hydrogen) atoms. The summed E-state index contributed by atoms with van der Waals surface area (Å²) in [5, 5.41) is 8.37. The van der Waals surface area contributed by atoms with E-state index in [4.69, 9.17) is 16.6 Å². The minimum atomic E-state index is 0.522. The smallest absolute Gasteiger partial charge is 0.229 e. The third-order valence-electron chi connectivity index (χ3n) is 4.43. The van der Waals surface area contributed by atoms with Crippen LogP contribution in [0, 0.1) is 13.8 Å². The van der Waals surface area contributed by atoms with Crippen LogP contribution in [0.3, 0.4) is 0 Å². The van der Waals surface area contributed by atoms with Gasteiger partial charge in [-0.15, -0.1) is 0 Å². The summed E-state index contributed by atoms with van der Waals surface area (Å²) in [6.07, 6.45) is 0. The molecule has 0 atom stereocenters. The molecule has 0 saturated heterocycles. The minimum absolute atomic E-state index is 0.522. The second kappa shape index (κ2) is 7.25. The quantitative estimate of drug-likeness (QED) is 0.434. The standard InChI is InChI=1S/C22H19ClN4/c1-14-10-12-16(13-11-14)24-21-17-6-3-4-8-20(17)26-22(27-21)25-19-9-5-7-18(23)15(19)2/h3-13H,1-2H3,(H2,24,25,26,27). The molecule has 1 aromatic heterocycles. The molecule has 0 aliphatic carbocycles. The Kier molecular flexibility index (Phi) is 4.65. The molecule has 0 fully saturated rings. The van der Waals surface area contributed by atoms with Crippen LogP contribution in [-0.2, 0) is 0 Å². The minimum Gasteiger partial charge on any atom is -0.340 e. The van der Waals surface area contributed by atoms with Crippen LogP contribution >= 0.6 is 11.6 Å². The first-order chi connectivity index (χ1) is 13.1. The molecule has 0 bridgehead atoms. The van der Waals surface area contributed by atoms with Gasteiger partial charge in [0.25, 0.3) is 0 Å². The summed E-state index contributed by atoms with van der Waals surface area (Å²) in [7, 11) is 0. The number of nitrogens with zero attached hydrogens (tertiary/aromatic N) is 2. The Morgan fingerprint density at radius 3 is 2.37 bits per heavy atom. The van der Waals surface area contributed by atoms with Gasteiger partial charge in [-0.25, -0.2) is 4.98 Å². The maximum absolute atomic E-state index is 6.23. The summed E-state index contributed by atoms with van der Waals surface area (Å²) in [5.41, 5.74) is 4.91. The van der Waals surface area contributed by atoms with Crippen molar-refractivity contribution in [3.05, 3.63) is 82.9 Å². The van der Waals surface area contributed by atoms with Gasteiger partial charge in [-0.1, -0.05) is 47.5 Å². The molecule has 0 saturated carbocycles. The fourth-order valence-electron chi connectivity index (χ4n) is 2.86. The molecule has 134 valence electrons. The SMILES string of the molecule is Cc1ccc(Nc2nc(Nc3cccc(Cl)c3C)nc3ccccc23)cc1. The highest BCUT2D eigenvalue weighted by Gasteiger charge is 2.10. The predicted molar refractivity (Wildman–Crippen MR) is 113 cm³/mol. The Hall–Kier alpha value is -3.11. The average molecular weight is 375 g/mol. The molecule has 0 aliphatic heterocycles. The fraction of sp³-hybridized carbons (Fsp3) is 0.0909. The molecule has 0 spiro atoms. The predicted octanol–water partition coefficient (Wildman–Crippen LogP) is 6.39. The molecule has 1 heterocycles. The van der Waals surface area contributed by atoms with Crippen LogP contribution in [0.5, 0.6) is 0 Å². The molecule has 0 radical (unpaired) electrons. The number of fused-ring (bicyclic) bond motifs is 1. The van der Waals surface area contributed by atoms with Crippen LogP contribution in [0.2, 0.25) is 5.02 Å². The van der Waals surface area contributed by atoms with Crippen molar-refractivity contribution in [1.82, 2.24) is 9.97 Å². The van der Waals surface area contributed by atoms with Crippen molar-refractivity contribution < 1.29 is 0 Å². The lowest BCUT2D eigenvalue weighted by atomic mass is 10.2. The number of rotatable bonds is 4. The van der Waals surface area contributed by atoms with Gasteiger partial charge in [0.1, 0.15) is 5.82 Å². The molecule has 4 nitrogen and oxygen atoms in total. The van der Waals surface area contributed by atoms with Crippen LogP contribution in [0.15, 0.2) is 66.7 Å². The Labute approximate surface area is 163 Å². The van der Waals surface area contributed by atoms with Gasteiger partial charge >= 0.3 is 0 Å². The van der Waals surface area contributed by atoms with Gasteiger partial charge in [0.2, 0.25) is 5.95 Å². The largest absolute Gasteiger partial charge is 0.340 e. The van der Waals surface area contributed by atoms with E-state index in [0.717, 1.165) is 33.7 Å². The number of hydrogen-bond donors (Lipinski definition) is 2. The molecule has 5 heteroatoms. The summed E-state index contributed by atoms with van der Waals surface area (Å²) < 4.78 is 0. The number of para-hydroxylation sites is 1. The highest BCUT2D eigenvalue weighted by atomic mass is 35.5. The number of anilines is 4. The highest BCUT2D eigenvalue weighted by Crippen LogP contribution is 2.29. The van der Waals surface area contributed by atoms with E-state index in [1.807, 2.05) is 61.5 Å². The van der Waals surface area contributed by atoms with Gasteiger partial charge < -0.3 is 10.6 Å². The summed E-state index contributed by atoms with van der Waals surface area (Å²) in [4.78, 5) is 9.36. The molecule has 2 N–H and O–H groups in total. The zero-order chi connectivity index (χ0) is 18.8. The van der Waals surface area contributed by atoms with Gasteiger partial charge in [0.05, 0.1) is 5.52 Å². The summed E-state index contributed by atoms with van der Waals surface area (Å²) in [6, 6.07) is 21.9. The monoisotopic (exact) mass is 374 g/mol. The van der Waals surface area contributed by atoms with Crippen molar-refractivity contribution in [2.45, 2.75) is 13.8 Å². The molecule has 4 rings (SSSR count). The van der Waals surface area contributed by atoms with E-state index in [1.54, 1.807) is 0 Å². The van der Waals surface area contributed by atoms with Gasteiger partial charge in [-0.3, -0.25) is 0 Å². The fourth-order valence-corrected chi connectivity index (χ4v) is 3.04. The maximum Gasteiger partial charge on any atom is 0.229 e. The molecule has 0 unspecified atom stereocenters. The first kappa shape index (κ1) is 17.3. The van der Waals surface area contributed by atoms with Crippen LogP contribution in [0.25, 0.3) is 10.9 Å². The summed E-state index contributed by atoms with van der Waals surface area (Å²) >= 11 is 6.23. The van der Waals surface area contributed by atoms with E-state index in [9.17, 15) is 0 Å². The zero-order valence-corrected chi connectivity index (χ0v) is 15.9. The van der Waals surface area contributed by atoms with E-state index in [0.29, 0.717) is 11.0 Å². The average Bonchev–Trinajstić information content (AvgIpc) is 2.67. The van der Waals surface area contributed by atoms with Crippen molar-refractivity contribution >= 4 is 45.6 Å². The lowest BCUT2D eigenvalue weighted by Gasteiger charge is -2.13. The first-order valence-corrected chi connectivity index (χ1v) is 9.10. The Bertz CT molecular complexity index is 1110. The van der Waals surface area contributed by atoms with E-state index in [1.165, 1.54) is 5.56 Å². The van der Waals surface area contributed by atoms with Crippen molar-refractivity contribution in [1.29, 1.82) is 0 Å². The van der Waals surface area contributed by atoms with Gasteiger partial charge in [0, 0.05) is 21.8 Å². The second-order valence-electron chi connectivity index (χ2n) is 6.44. The lowest BCUT2D eigenvalue weighted by Crippen LogP contribution is -2.03. The topological polar surface area (TPSA) is 49.8 Å².